The standard InChI is InChI=1S/C20H16N4O4S/c1-13-17(24(26)27)10-18(29-13)20(25)22-14-5-4-6-16(9-14)28-12-15-11-23-8-3-2-7-19(23)21-15/h2-11H,12H2,1H3,(H,22,25). The van der Waals surface area contributed by atoms with E-state index in [9.17, 15) is 14.9 Å². The van der Waals surface area contributed by atoms with Gasteiger partial charge >= 0.3 is 0 Å². The van der Waals surface area contributed by atoms with Crippen LogP contribution >= 0.6 is 11.3 Å². The fourth-order valence-electron chi connectivity index (χ4n) is 2.84. The Balaban J connectivity index is 1.43. The molecule has 29 heavy (non-hydrogen) atoms. The molecule has 1 aromatic carbocycles. The molecule has 0 aliphatic carbocycles. The number of ether oxygens (including phenoxy) is 1. The van der Waals surface area contributed by atoms with E-state index in [-0.39, 0.29) is 17.2 Å². The van der Waals surface area contributed by atoms with Crippen LogP contribution in [0.1, 0.15) is 20.2 Å². The predicted octanol–water partition coefficient (Wildman–Crippen LogP) is 4.44. The van der Waals surface area contributed by atoms with Crippen molar-refractivity contribution in [3.8, 4) is 5.75 Å². The lowest BCUT2D eigenvalue weighted by Crippen LogP contribution is -2.10. The van der Waals surface area contributed by atoms with Crippen molar-refractivity contribution in [1.82, 2.24) is 9.38 Å². The maximum Gasteiger partial charge on any atom is 0.283 e. The Kier molecular flexibility index (Phi) is 4.96. The number of amides is 1. The Morgan fingerprint density at radius 3 is 2.90 bits per heavy atom. The number of nitrogens with zero attached hydrogens (tertiary/aromatic N) is 3. The molecule has 0 spiro atoms. The molecule has 0 saturated heterocycles. The first-order chi connectivity index (χ1) is 14.0. The van der Waals surface area contributed by atoms with E-state index in [1.54, 1.807) is 31.2 Å². The number of carbonyl (C=O) groups excluding carboxylic acids is 1. The van der Waals surface area contributed by atoms with Crippen LogP contribution in [0.4, 0.5) is 11.4 Å². The second-order valence-corrected chi connectivity index (χ2v) is 7.53. The van der Waals surface area contributed by atoms with Gasteiger partial charge in [0.1, 0.15) is 18.0 Å². The maximum atomic E-state index is 12.4. The lowest BCUT2D eigenvalue weighted by molar-refractivity contribution is -0.385. The number of nitrogens with one attached hydrogen (secondary N) is 1. The summed E-state index contributed by atoms with van der Waals surface area (Å²) in [4.78, 5) is 28.1. The van der Waals surface area contributed by atoms with E-state index in [0.717, 1.165) is 22.7 Å². The highest BCUT2D eigenvalue weighted by molar-refractivity contribution is 7.14. The Morgan fingerprint density at radius 1 is 1.28 bits per heavy atom. The first-order valence-electron chi connectivity index (χ1n) is 8.71. The number of imidazole rings is 1. The van der Waals surface area contributed by atoms with Crippen LogP contribution in [-0.4, -0.2) is 20.2 Å². The quantitative estimate of drug-likeness (QED) is 0.375. The molecule has 1 amide bonds. The van der Waals surface area contributed by atoms with Gasteiger partial charge in [-0.15, -0.1) is 11.3 Å². The Morgan fingerprint density at radius 2 is 2.14 bits per heavy atom. The number of pyridine rings is 1. The number of aryl methyl sites for hydroxylation is 1. The number of carbonyl (C=O) groups is 1. The van der Waals surface area contributed by atoms with E-state index in [0.29, 0.717) is 16.3 Å². The molecule has 8 nitrogen and oxygen atoms in total. The highest BCUT2D eigenvalue weighted by Crippen LogP contribution is 2.29. The number of fused-ring (bicyclic) bond motifs is 1. The molecule has 3 aromatic heterocycles. The molecule has 3 heterocycles. The van der Waals surface area contributed by atoms with E-state index >= 15 is 0 Å². The van der Waals surface area contributed by atoms with E-state index in [2.05, 4.69) is 10.3 Å². The summed E-state index contributed by atoms with van der Waals surface area (Å²) < 4.78 is 7.70. The van der Waals surface area contributed by atoms with Crippen LogP contribution < -0.4 is 10.1 Å². The van der Waals surface area contributed by atoms with E-state index in [4.69, 9.17) is 4.74 Å². The van der Waals surface area contributed by atoms with Gasteiger partial charge in [0, 0.05) is 30.2 Å². The zero-order chi connectivity index (χ0) is 20.4. The Labute approximate surface area is 169 Å². The molecule has 0 radical (unpaired) electrons. The largest absolute Gasteiger partial charge is 0.487 e. The Bertz CT molecular complexity index is 1180. The van der Waals surface area contributed by atoms with Crippen LogP contribution in [0.5, 0.6) is 5.75 Å². The van der Waals surface area contributed by atoms with Crippen LogP contribution in [0, 0.1) is 17.0 Å². The van der Waals surface area contributed by atoms with Crippen molar-refractivity contribution >= 4 is 34.3 Å². The summed E-state index contributed by atoms with van der Waals surface area (Å²) in [6, 6.07) is 14.0. The van der Waals surface area contributed by atoms with Gasteiger partial charge in [0.2, 0.25) is 0 Å². The van der Waals surface area contributed by atoms with Crippen molar-refractivity contribution in [2.45, 2.75) is 13.5 Å². The van der Waals surface area contributed by atoms with Crippen LogP contribution in [0.3, 0.4) is 0 Å². The smallest absolute Gasteiger partial charge is 0.283 e. The monoisotopic (exact) mass is 408 g/mol. The minimum atomic E-state index is -0.490. The number of nitro groups is 1. The van der Waals surface area contributed by atoms with Gasteiger partial charge in [-0.3, -0.25) is 14.9 Å². The molecular formula is C20H16N4O4S. The molecule has 0 atom stereocenters. The van der Waals surface area contributed by atoms with E-state index in [1.165, 1.54) is 6.07 Å². The first kappa shape index (κ1) is 18.6. The number of hydrogen-bond acceptors (Lipinski definition) is 6. The summed E-state index contributed by atoms with van der Waals surface area (Å²) in [5.41, 5.74) is 2.11. The molecule has 0 fully saturated rings. The predicted molar refractivity (Wildman–Crippen MR) is 110 cm³/mol. The van der Waals surface area contributed by atoms with Crippen molar-refractivity contribution in [3.63, 3.8) is 0 Å². The van der Waals surface area contributed by atoms with Crippen molar-refractivity contribution in [2.75, 3.05) is 5.32 Å². The number of anilines is 1. The van der Waals surface area contributed by atoms with Crippen LogP contribution in [0.25, 0.3) is 5.65 Å². The minimum Gasteiger partial charge on any atom is -0.487 e. The topological polar surface area (TPSA) is 98.8 Å². The van der Waals surface area contributed by atoms with Gasteiger partial charge in [0.15, 0.2) is 0 Å². The number of aromatic nitrogens is 2. The van der Waals surface area contributed by atoms with Crippen molar-refractivity contribution in [1.29, 1.82) is 0 Å². The van der Waals surface area contributed by atoms with Gasteiger partial charge in [-0.05, 0) is 31.2 Å². The van der Waals surface area contributed by atoms with E-state index in [1.807, 2.05) is 35.0 Å². The summed E-state index contributed by atoms with van der Waals surface area (Å²) in [6.45, 7) is 1.91. The fraction of sp³-hybridized carbons (Fsp3) is 0.100. The van der Waals surface area contributed by atoms with Crippen LogP contribution in [0.2, 0.25) is 0 Å². The molecule has 0 saturated carbocycles. The van der Waals surface area contributed by atoms with Gasteiger partial charge in [0.25, 0.3) is 11.6 Å². The molecule has 0 aliphatic heterocycles. The van der Waals surface area contributed by atoms with Crippen molar-refractivity contribution in [2.24, 2.45) is 0 Å². The second kappa shape index (κ2) is 7.72. The van der Waals surface area contributed by atoms with Gasteiger partial charge in [-0.1, -0.05) is 12.1 Å². The highest BCUT2D eigenvalue weighted by Gasteiger charge is 2.19. The minimum absolute atomic E-state index is 0.0512. The van der Waals surface area contributed by atoms with Crippen LogP contribution in [0.15, 0.2) is 60.9 Å². The van der Waals surface area contributed by atoms with Crippen molar-refractivity contribution < 1.29 is 14.5 Å². The molecular weight excluding hydrogens is 392 g/mol. The zero-order valence-electron chi connectivity index (χ0n) is 15.4. The lowest BCUT2D eigenvalue weighted by atomic mass is 10.3. The third-order valence-electron chi connectivity index (χ3n) is 4.20. The molecule has 1 N–H and O–H groups in total. The molecule has 9 heteroatoms. The SMILES string of the molecule is Cc1sc(C(=O)Nc2cccc(OCc3cn4ccccc4n3)c2)cc1[N+](=O)[O-]. The van der Waals surface area contributed by atoms with Gasteiger partial charge in [-0.25, -0.2) is 4.98 Å². The van der Waals surface area contributed by atoms with Crippen LogP contribution in [-0.2, 0) is 6.61 Å². The molecule has 4 rings (SSSR count). The zero-order valence-corrected chi connectivity index (χ0v) is 16.2. The average molecular weight is 408 g/mol. The first-order valence-corrected chi connectivity index (χ1v) is 9.53. The molecule has 0 aliphatic rings. The number of benzene rings is 1. The van der Waals surface area contributed by atoms with Crippen molar-refractivity contribution in [3.05, 3.63) is 86.5 Å². The number of thiophene rings is 1. The average Bonchev–Trinajstić information content (AvgIpc) is 3.30. The lowest BCUT2D eigenvalue weighted by Gasteiger charge is -2.07. The summed E-state index contributed by atoms with van der Waals surface area (Å²) in [6.07, 6.45) is 3.81. The summed E-state index contributed by atoms with van der Waals surface area (Å²) >= 11 is 1.09. The Hall–Kier alpha value is -3.72. The normalized spacial score (nSPS) is 10.8. The van der Waals surface area contributed by atoms with Gasteiger partial charge < -0.3 is 14.5 Å². The molecule has 4 aromatic rings. The fourth-order valence-corrected chi connectivity index (χ4v) is 3.72. The number of hydrogen-bond donors (Lipinski definition) is 1. The van der Waals surface area contributed by atoms with E-state index < -0.39 is 10.8 Å². The van der Waals surface area contributed by atoms with Gasteiger partial charge in [-0.2, -0.15) is 0 Å². The maximum absolute atomic E-state index is 12.4. The summed E-state index contributed by atoms with van der Waals surface area (Å²) in [5.74, 6) is 0.178. The summed E-state index contributed by atoms with van der Waals surface area (Å²) in [5, 5.41) is 13.7. The third kappa shape index (κ3) is 4.09. The highest BCUT2D eigenvalue weighted by atomic mass is 32.1. The molecule has 0 unspecified atom stereocenters. The second-order valence-electron chi connectivity index (χ2n) is 6.28. The molecule has 0 bridgehead atoms. The molecule has 146 valence electrons. The summed E-state index contributed by atoms with van der Waals surface area (Å²) in [7, 11) is 0. The number of rotatable bonds is 6. The third-order valence-corrected chi connectivity index (χ3v) is 5.24. The van der Waals surface area contributed by atoms with Gasteiger partial charge in [0.05, 0.1) is 20.4 Å².